The van der Waals surface area contributed by atoms with E-state index in [-0.39, 0.29) is 6.42 Å². The van der Waals surface area contributed by atoms with Gasteiger partial charge in [0.15, 0.2) is 0 Å². The molecule has 0 aliphatic heterocycles. The molecule has 1 saturated carbocycles. The minimum absolute atomic E-state index is 0.0419. The Balaban J connectivity index is 2.86. The van der Waals surface area contributed by atoms with Crippen LogP contribution >= 0.6 is 15.2 Å². The predicted molar refractivity (Wildman–Crippen MR) is 68.3 cm³/mol. The second kappa shape index (κ2) is 5.54. The molecule has 0 heterocycles. The molecule has 0 spiro atoms. The molecule has 8 nitrogen and oxygen atoms in total. The molecule has 1 fully saturated rings. The van der Waals surface area contributed by atoms with Gasteiger partial charge in [0.2, 0.25) is 0 Å². The first kappa shape index (κ1) is 17.3. The van der Waals surface area contributed by atoms with Gasteiger partial charge in [-0.1, -0.05) is 19.3 Å². The molecule has 7 N–H and O–H groups in total. The number of hydrogen-bond donors (Lipinski definition) is 6. The zero-order valence-electron chi connectivity index (χ0n) is 10.5. The molecule has 10 heteroatoms. The normalized spacial score (nSPS) is 21.4. The van der Waals surface area contributed by atoms with E-state index in [1.165, 1.54) is 0 Å². The van der Waals surface area contributed by atoms with Crippen LogP contribution in [0.3, 0.4) is 0 Å². The summed E-state index contributed by atoms with van der Waals surface area (Å²) in [5.74, 6) is 0. The third kappa shape index (κ3) is 3.86. The molecule has 19 heavy (non-hydrogen) atoms. The van der Waals surface area contributed by atoms with E-state index in [2.05, 4.69) is 0 Å². The summed E-state index contributed by atoms with van der Waals surface area (Å²) in [5.41, 5.74) is 5.31. The molecule has 0 atom stereocenters. The Bertz CT molecular complexity index is 387. The summed E-state index contributed by atoms with van der Waals surface area (Å²) in [6.07, 6.45) is 3.20. The minimum atomic E-state index is -5.37. The Kier molecular flexibility index (Phi) is 5.04. The largest absolute Gasteiger partial charge is 0.369 e. The van der Waals surface area contributed by atoms with Crippen molar-refractivity contribution >= 4 is 15.2 Å². The van der Waals surface area contributed by atoms with Crippen LogP contribution in [-0.2, 0) is 9.13 Å². The number of hydrogen-bond acceptors (Lipinski definition) is 4. The van der Waals surface area contributed by atoms with Crippen LogP contribution < -0.4 is 5.73 Å². The first-order chi connectivity index (χ1) is 8.41. The highest BCUT2D eigenvalue weighted by atomic mass is 31.2. The number of aliphatic hydroxyl groups is 1. The van der Waals surface area contributed by atoms with E-state index < -0.39 is 32.2 Å². The molecule has 0 amide bonds. The minimum Gasteiger partial charge on any atom is -0.368 e. The van der Waals surface area contributed by atoms with Crippen LogP contribution in [0.4, 0.5) is 0 Å². The monoisotopic (exact) mass is 317 g/mol. The molecule has 1 rings (SSSR count). The number of nitrogens with two attached hydrogens (primary N) is 1. The maximum Gasteiger partial charge on any atom is 0.369 e. The summed E-state index contributed by atoms with van der Waals surface area (Å²) >= 11 is 0. The summed E-state index contributed by atoms with van der Waals surface area (Å²) in [5, 5.41) is 6.40. The molecular formula is C9H21NO7P2. The van der Waals surface area contributed by atoms with Crippen molar-refractivity contribution in [3.05, 3.63) is 0 Å². The van der Waals surface area contributed by atoms with E-state index in [9.17, 15) is 14.2 Å². The molecule has 1 aliphatic carbocycles. The second-order valence-corrected chi connectivity index (χ2v) is 9.29. The molecule has 0 radical (unpaired) electrons. The zero-order valence-corrected chi connectivity index (χ0v) is 12.3. The molecule has 0 unspecified atom stereocenters. The highest BCUT2D eigenvalue weighted by molar-refractivity contribution is 7.72. The van der Waals surface area contributed by atoms with Crippen LogP contribution in [0.2, 0.25) is 0 Å². The lowest BCUT2D eigenvalue weighted by atomic mass is 9.79. The first-order valence-electron chi connectivity index (χ1n) is 6.04. The summed E-state index contributed by atoms with van der Waals surface area (Å²) < 4.78 is 22.4. The van der Waals surface area contributed by atoms with Gasteiger partial charge in [0, 0.05) is 12.0 Å². The predicted octanol–water partition coefficient (Wildman–Crippen LogP) is 0.430. The molecular weight excluding hydrogens is 296 g/mol. The van der Waals surface area contributed by atoms with Crippen molar-refractivity contribution in [2.45, 2.75) is 55.6 Å². The van der Waals surface area contributed by atoms with Gasteiger partial charge in [-0.2, -0.15) is 0 Å². The first-order valence-corrected chi connectivity index (χ1v) is 9.26. The summed E-state index contributed by atoms with van der Waals surface area (Å²) in [6.45, 7) is 0. The Morgan fingerprint density at radius 2 is 1.42 bits per heavy atom. The van der Waals surface area contributed by atoms with Crippen molar-refractivity contribution in [1.29, 1.82) is 0 Å². The van der Waals surface area contributed by atoms with Crippen LogP contribution in [0.15, 0.2) is 0 Å². The standard InChI is InChI=1S/C9H21NO7P2/c10-8(4-2-1-3-5-8)6-7-9(11,18(12,13)14)19(15,16)17/h11H,1-7,10H2,(H2,12,13,14)(H2,15,16,17). The van der Waals surface area contributed by atoms with E-state index in [1.54, 1.807) is 0 Å². The fraction of sp³-hybridized carbons (Fsp3) is 1.00. The van der Waals surface area contributed by atoms with Gasteiger partial charge in [-0.3, -0.25) is 9.13 Å². The van der Waals surface area contributed by atoms with Gasteiger partial charge in [-0.05, 0) is 19.3 Å². The van der Waals surface area contributed by atoms with Crippen molar-refractivity contribution in [2.24, 2.45) is 5.73 Å². The Hall–Kier alpha value is 0.220. The molecule has 0 aromatic carbocycles. The molecule has 0 bridgehead atoms. The summed E-state index contributed by atoms with van der Waals surface area (Å²) in [4.78, 5) is 36.1. The van der Waals surface area contributed by atoms with E-state index in [0.717, 1.165) is 19.3 Å². The Labute approximate surface area is 111 Å². The average molecular weight is 317 g/mol. The maximum atomic E-state index is 11.2. The van der Waals surface area contributed by atoms with E-state index in [4.69, 9.17) is 25.3 Å². The van der Waals surface area contributed by atoms with Gasteiger partial charge >= 0.3 is 15.2 Å². The fourth-order valence-corrected chi connectivity index (χ4v) is 4.55. The molecule has 114 valence electrons. The molecule has 0 aromatic heterocycles. The van der Waals surface area contributed by atoms with Gasteiger partial charge in [0.05, 0.1) is 0 Å². The third-order valence-electron chi connectivity index (χ3n) is 3.74. The lowest BCUT2D eigenvalue weighted by Crippen LogP contribution is -2.43. The van der Waals surface area contributed by atoms with E-state index in [1.807, 2.05) is 0 Å². The van der Waals surface area contributed by atoms with Crippen LogP contribution in [0, 0.1) is 0 Å². The van der Waals surface area contributed by atoms with Crippen molar-refractivity contribution in [2.75, 3.05) is 0 Å². The molecule has 0 aromatic rings. The van der Waals surface area contributed by atoms with Crippen molar-refractivity contribution < 1.29 is 33.8 Å². The summed E-state index contributed by atoms with van der Waals surface area (Å²) in [7, 11) is -10.7. The van der Waals surface area contributed by atoms with Gasteiger partial charge in [-0.25, -0.2) is 0 Å². The fourth-order valence-electron chi connectivity index (χ4n) is 2.38. The molecule has 1 aliphatic rings. The van der Waals surface area contributed by atoms with Gasteiger partial charge < -0.3 is 30.4 Å². The third-order valence-corrected chi connectivity index (χ3v) is 7.62. The van der Waals surface area contributed by atoms with Crippen LogP contribution in [0.25, 0.3) is 0 Å². The van der Waals surface area contributed by atoms with Crippen molar-refractivity contribution in [3.63, 3.8) is 0 Å². The summed E-state index contributed by atoms with van der Waals surface area (Å²) in [6, 6.07) is 0. The van der Waals surface area contributed by atoms with E-state index in [0.29, 0.717) is 12.8 Å². The molecule has 0 saturated heterocycles. The van der Waals surface area contributed by atoms with Crippen molar-refractivity contribution in [3.8, 4) is 0 Å². The van der Waals surface area contributed by atoms with Crippen LogP contribution in [0.5, 0.6) is 0 Å². The van der Waals surface area contributed by atoms with E-state index >= 15 is 0 Å². The van der Waals surface area contributed by atoms with Crippen LogP contribution in [0.1, 0.15) is 44.9 Å². The smallest absolute Gasteiger partial charge is 0.368 e. The lowest BCUT2D eigenvalue weighted by molar-refractivity contribution is 0.109. The van der Waals surface area contributed by atoms with Crippen LogP contribution in [-0.4, -0.2) is 35.3 Å². The zero-order chi connectivity index (χ0) is 14.9. The van der Waals surface area contributed by atoms with Crippen molar-refractivity contribution in [1.82, 2.24) is 0 Å². The second-order valence-electron chi connectivity index (χ2n) is 5.29. The SMILES string of the molecule is NC1(CCC(O)(P(=O)(O)O)P(=O)(O)O)CCCCC1. The quantitative estimate of drug-likeness (QED) is 0.398. The highest BCUT2D eigenvalue weighted by Crippen LogP contribution is 2.69. The van der Waals surface area contributed by atoms with Gasteiger partial charge in [0.1, 0.15) is 0 Å². The average Bonchev–Trinajstić information content (AvgIpc) is 2.24. The van der Waals surface area contributed by atoms with Gasteiger partial charge in [0.25, 0.3) is 5.08 Å². The Morgan fingerprint density at radius 3 is 1.79 bits per heavy atom. The maximum absolute atomic E-state index is 11.2. The van der Waals surface area contributed by atoms with Gasteiger partial charge in [-0.15, -0.1) is 0 Å². The Morgan fingerprint density at radius 1 is 1.00 bits per heavy atom. The topological polar surface area (TPSA) is 161 Å². The lowest BCUT2D eigenvalue weighted by Gasteiger charge is -2.37. The highest BCUT2D eigenvalue weighted by Gasteiger charge is 2.59. The number of rotatable bonds is 5.